The third kappa shape index (κ3) is 3.34. The summed E-state index contributed by atoms with van der Waals surface area (Å²) >= 11 is 16.5. The number of anilines is 1. The lowest BCUT2D eigenvalue weighted by molar-refractivity contribution is 0.103. The van der Waals surface area contributed by atoms with Crippen LogP contribution in [0.3, 0.4) is 0 Å². The van der Waals surface area contributed by atoms with Gasteiger partial charge in [0, 0.05) is 18.8 Å². The first-order chi connectivity index (χ1) is 8.35. The van der Waals surface area contributed by atoms with Crippen LogP contribution in [0.2, 0.25) is 0 Å². The summed E-state index contributed by atoms with van der Waals surface area (Å²) in [7, 11) is 0. The van der Waals surface area contributed by atoms with Gasteiger partial charge in [0.2, 0.25) is 3.79 Å². The van der Waals surface area contributed by atoms with E-state index in [4.69, 9.17) is 45.3 Å². The van der Waals surface area contributed by atoms with Crippen LogP contribution in [0.4, 0.5) is 10.5 Å². The molecule has 0 spiro atoms. The fourth-order valence-corrected chi connectivity index (χ4v) is 1.94. The number of nitrogens with zero attached hydrogens (tertiary/aromatic N) is 1. The monoisotopic (exact) mass is 308 g/mol. The minimum atomic E-state index is -1.59. The maximum Gasteiger partial charge on any atom is 0.410 e. The second kappa shape index (κ2) is 5.03. The second-order valence-electron chi connectivity index (χ2n) is 4.05. The Morgan fingerprint density at radius 3 is 2.67 bits per heavy atom. The number of fused-ring (bicyclic) bond motifs is 1. The number of carbonyl (C=O) groups excluding carboxylic acids is 1. The maximum absolute atomic E-state index is 11.7. The van der Waals surface area contributed by atoms with Crippen LogP contribution < -0.4 is 5.73 Å². The predicted octanol–water partition coefficient (Wildman–Crippen LogP) is 3.09. The number of benzene rings is 1. The number of alkyl halides is 3. The minimum Gasteiger partial charge on any atom is -0.445 e. The van der Waals surface area contributed by atoms with Crippen molar-refractivity contribution < 1.29 is 9.53 Å². The number of nitrogens with two attached hydrogens (primary N) is 1. The van der Waals surface area contributed by atoms with E-state index in [1.807, 2.05) is 12.1 Å². The van der Waals surface area contributed by atoms with Crippen LogP contribution in [-0.2, 0) is 17.8 Å². The number of amides is 1. The second-order valence-corrected chi connectivity index (χ2v) is 6.57. The lowest BCUT2D eigenvalue weighted by Gasteiger charge is -2.17. The average Bonchev–Trinajstić information content (AvgIpc) is 2.67. The Hall–Kier alpha value is -0.840. The zero-order valence-corrected chi connectivity index (χ0v) is 11.6. The number of hydrogen-bond donors (Lipinski definition) is 1. The zero-order chi connectivity index (χ0) is 13.3. The Morgan fingerprint density at radius 1 is 1.33 bits per heavy atom. The average molecular weight is 310 g/mol. The van der Waals surface area contributed by atoms with Gasteiger partial charge in [0.15, 0.2) is 0 Å². The molecule has 2 N–H and O–H groups in total. The van der Waals surface area contributed by atoms with Gasteiger partial charge in [0.05, 0.1) is 0 Å². The largest absolute Gasteiger partial charge is 0.445 e. The van der Waals surface area contributed by atoms with Crippen LogP contribution in [-0.4, -0.2) is 21.4 Å². The van der Waals surface area contributed by atoms with Crippen molar-refractivity contribution >= 4 is 46.6 Å². The highest BCUT2D eigenvalue weighted by molar-refractivity contribution is 6.67. The van der Waals surface area contributed by atoms with E-state index in [1.165, 1.54) is 4.90 Å². The molecule has 1 aliphatic rings. The van der Waals surface area contributed by atoms with E-state index in [2.05, 4.69) is 0 Å². The highest BCUT2D eigenvalue weighted by atomic mass is 35.6. The van der Waals surface area contributed by atoms with Gasteiger partial charge in [-0.25, -0.2) is 4.79 Å². The van der Waals surface area contributed by atoms with Gasteiger partial charge in [-0.05, 0) is 23.3 Å². The molecule has 18 heavy (non-hydrogen) atoms. The van der Waals surface area contributed by atoms with E-state index in [9.17, 15) is 4.79 Å². The number of nitrogen functional groups attached to an aromatic ring is 1. The molecular weight excluding hydrogens is 298 g/mol. The SMILES string of the molecule is Nc1ccc2c(c1)CN(C(=O)OCC(Cl)(Cl)Cl)C2. The molecule has 0 aliphatic carbocycles. The van der Waals surface area contributed by atoms with Crippen LogP contribution >= 0.6 is 34.8 Å². The third-order valence-electron chi connectivity index (χ3n) is 2.57. The van der Waals surface area contributed by atoms with Gasteiger partial charge in [-0.2, -0.15) is 0 Å². The first-order valence-electron chi connectivity index (χ1n) is 5.21. The third-order valence-corrected chi connectivity index (χ3v) is 2.90. The molecule has 1 aromatic carbocycles. The van der Waals surface area contributed by atoms with Gasteiger partial charge in [-0.15, -0.1) is 0 Å². The van der Waals surface area contributed by atoms with Crippen LogP contribution in [0.25, 0.3) is 0 Å². The van der Waals surface area contributed by atoms with Crippen molar-refractivity contribution in [3.8, 4) is 0 Å². The number of ether oxygens (including phenoxy) is 1. The molecule has 1 heterocycles. The zero-order valence-electron chi connectivity index (χ0n) is 9.33. The summed E-state index contributed by atoms with van der Waals surface area (Å²) in [4.78, 5) is 13.3. The van der Waals surface area contributed by atoms with Gasteiger partial charge in [0.1, 0.15) is 6.61 Å². The molecule has 98 valence electrons. The molecule has 2 rings (SSSR count). The number of rotatable bonds is 1. The Bertz CT molecular complexity index is 474. The molecule has 0 fully saturated rings. The molecule has 1 aromatic rings. The summed E-state index contributed by atoms with van der Waals surface area (Å²) in [5.41, 5.74) is 8.42. The quantitative estimate of drug-likeness (QED) is 0.640. The molecule has 0 aromatic heterocycles. The van der Waals surface area contributed by atoms with Crippen molar-refractivity contribution in [1.29, 1.82) is 0 Å². The van der Waals surface area contributed by atoms with Crippen molar-refractivity contribution in [3.05, 3.63) is 29.3 Å². The van der Waals surface area contributed by atoms with Gasteiger partial charge in [0.25, 0.3) is 0 Å². The van der Waals surface area contributed by atoms with E-state index in [-0.39, 0.29) is 6.61 Å². The fourth-order valence-electron chi connectivity index (χ4n) is 1.78. The lowest BCUT2D eigenvalue weighted by atomic mass is 10.1. The summed E-state index contributed by atoms with van der Waals surface area (Å²) in [6.07, 6.45) is -0.504. The van der Waals surface area contributed by atoms with E-state index in [0.29, 0.717) is 18.8 Å². The highest BCUT2D eigenvalue weighted by Gasteiger charge is 2.28. The first kappa shape index (κ1) is 13.6. The van der Waals surface area contributed by atoms with E-state index >= 15 is 0 Å². The van der Waals surface area contributed by atoms with E-state index in [1.54, 1.807) is 6.07 Å². The number of hydrogen-bond acceptors (Lipinski definition) is 3. The van der Waals surface area contributed by atoms with Crippen molar-refractivity contribution in [2.75, 3.05) is 12.3 Å². The molecular formula is C11H11Cl3N2O2. The van der Waals surface area contributed by atoms with Crippen molar-refractivity contribution in [1.82, 2.24) is 4.90 Å². The van der Waals surface area contributed by atoms with Crippen LogP contribution in [0.15, 0.2) is 18.2 Å². The van der Waals surface area contributed by atoms with Crippen molar-refractivity contribution in [2.24, 2.45) is 0 Å². The normalized spacial score (nSPS) is 14.5. The van der Waals surface area contributed by atoms with Crippen LogP contribution in [0.1, 0.15) is 11.1 Å². The summed E-state index contributed by atoms with van der Waals surface area (Å²) in [6, 6.07) is 5.54. The number of halogens is 3. The Labute approximate surface area is 120 Å². The molecule has 0 atom stereocenters. The smallest absolute Gasteiger partial charge is 0.410 e. The highest BCUT2D eigenvalue weighted by Crippen LogP contribution is 2.28. The fraction of sp³-hybridized carbons (Fsp3) is 0.364. The first-order valence-corrected chi connectivity index (χ1v) is 6.34. The van der Waals surface area contributed by atoms with E-state index < -0.39 is 9.89 Å². The van der Waals surface area contributed by atoms with Gasteiger partial charge in [-0.1, -0.05) is 40.9 Å². The van der Waals surface area contributed by atoms with Gasteiger partial charge >= 0.3 is 6.09 Å². The number of carbonyl (C=O) groups is 1. The maximum atomic E-state index is 11.7. The lowest BCUT2D eigenvalue weighted by Crippen LogP contribution is -2.29. The van der Waals surface area contributed by atoms with Gasteiger partial charge in [-0.3, -0.25) is 4.90 Å². The molecule has 0 saturated heterocycles. The Balaban J connectivity index is 1.96. The van der Waals surface area contributed by atoms with E-state index in [0.717, 1.165) is 11.1 Å². The molecule has 0 radical (unpaired) electrons. The standard InChI is InChI=1S/C11H11Cl3N2O2/c12-11(13,14)6-18-10(17)16-4-7-1-2-9(15)3-8(7)5-16/h1-3H,4-6,15H2. The van der Waals surface area contributed by atoms with Crippen molar-refractivity contribution in [2.45, 2.75) is 16.9 Å². The molecule has 0 unspecified atom stereocenters. The summed E-state index contributed by atoms with van der Waals surface area (Å²) in [6.45, 7) is 0.666. The molecule has 0 saturated carbocycles. The Kier molecular flexibility index (Phi) is 3.80. The Morgan fingerprint density at radius 2 is 2.00 bits per heavy atom. The minimum absolute atomic E-state index is 0.272. The summed E-state index contributed by atoms with van der Waals surface area (Å²) < 4.78 is 3.32. The molecule has 4 nitrogen and oxygen atoms in total. The van der Waals surface area contributed by atoms with Crippen LogP contribution in [0, 0.1) is 0 Å². The molecule has 1 aliphatic heterocycles. The molecule has 1 amide bonds. The topological polar surface area (TPSA) is 55.6 Å². The van der Waals surface area contributed by atoms with Crippen molar-refractivity contribution in [3.63, 3.8) is 0 Å². The summed E-state index contributed by atoms with van der Waals surface area (Å²) in [5, 5.41) is 0. The summed E-state index contributed by atoms with van der Waals surface area (Å²) in [5.74, 6) is 0. The van der Waals surface area contributed by atoms with Crippen LogP contribution in [0.5, 0.6) is 0 Å². The van der Waals surface area contributed by atoms with Gasteiger partial charge < -0.3 is 10.5 Å². The molecule has 0 bridgehead atoms. The predicted molar refractivity (Wildman–Crippen MR) is 71.7 cm³/mol. The molecule has 7 heteroatoms.